The van der Waals surface area contributed by atoms with Crippen molar-refractivity contribution < 1.29 is 4.52 Å². The number of aryl methyl sites for hydroxylation is 2. The van der Waals surface area contributed by atoms with Gasteiger partial charge in [0.25, 0.3) is 0 Å². The van der Waals surface area contributed by atoms with Gasteiger partial charge in [0.2, 0.25) is 0 Å². The fourth-order valence-electron chi connectivity index (χ4n) is 3.82. The predicted octanol–water partition coefficient (Wildman–Crippen LogP) is 2.97. The Morgan fingerprint density at radius 2 is 2.26 bits per heavy atom. The van der Waals surface area contributed by atoms with Crippen molar-refractivity contribution in [1.82, 2.24) is 24.9 Å². The van der Waals surface area contributed by atoms with Gasteiger partial charge in [-0.25, -0.2) is 4.98 Å². The van der Waals surface area contributed by atoms with E-state index in [-0.39, 0.29) is 0 Å². The maximum absolute atomic E-state index is 5.25. The number of guanidine groups is 1. The van der Waals surface area contributed by atoms with Crippen molar-refractivity contribution in [3.05, 3.63) is 35.7 Å². The Morgan fingerprint density at radius 3 is 2.93 bits per heavy atom. The summed E-state index contributed by atoms with van der Waals surface area (Å²) >= 11 is 0. The normalized spacial score (nSPS) is 20.9. The Labute approximate surface area is 161 Å². The van der Waals surface area contributed by atoms with Crippen LogP contribution in [0.1, 0.15) is 49.7 Å². The molecule has 1 N–H and O–H groups in total. The quantitative estimate of drug-likeness (QED) is 0.479. The van der Waals surface area contributed by atoms with Crippen LogP contribution in [0.5, 0.6) is 0 Å². The number of hydrogen-bond donors (Lipinski definition) is 1. The van der Waals surface area contributed by atoms with E-state index in [1.54, 1.807) is 0 Å². The average Bonchev–Trinajstić information content (AvgIpc) is 3.30. The Kier molecular flexibility index (Phi) is 6.53. The Bertz CT molecular complexity index is 716. The van der Waals surface area contributed by atoms with Gasteiger partial charge in [-0.05, 0) is 46.0 Å². The molecule has 1 fully saturated rings. The Hall–Kier alpha value is -2.31. The van der Waals surface area contributed by atoms with Crippen molar-refractivity contribution in [1.29, 1.82) is 0 Å². The SMILES string of the molecule is CCNC(=NCCCc1c(C)noc1C)N1CCC(C)C(n2ccnc2)C1. The zero-order valence-corrected chi connectivity index (χ0v) is 17.0. The number of aliphatic imine (C=N–C) groups is 1. The van der Waals surface area contributed by atoms with Crippen LogP contribution < -0.4 is 5.32 Å². The van der Waals surface area contributed by atoms with Gasteiger partial charge in [-0.1, -0.05) is 12.1 Å². The topological polar surface area (TPSA) is 71.5 Å². The van der Waals surface area contributed by atoms with Gasteiger partial charge < -0.3 is 19.3 Å². The van der Waals surface area contributed by atoms with Gasteiger partial charge in [-0.2, -0.15) is 0 Å². The maximum Gasteiger partial charge on any atom is 0.193 e. The standard InChI is InChI=1S/C20H32N6O/c1-5-22-20(23-9-6-7-18-16(3)24-27-17(18)4)25-11-8-15(2)19(13-25)26-12-10-21-14-26/h10,12,14-15,19H,5-9,11,13H2,1-4H3,(H,22,23). The van der Waals surface area contributed by atoms with Gasteiger partial charge in [0.15, 0.2) is 5.96 Å². The van der Waals surface area contributed by atoms with E-state index in [1.807, 2.05) is 26.4 Å². The van der Waals surface area contributed by atoms with Crippen LogP contribution in [-0.4, -0.2) is 51.7 Å². The molecule has 2 aromatic heterocycles. The van der Waals surface area contributed by atoms with Gasteiger partial charge in [0.05, 0.1) is 18.1 Å². The molecule has 148 valence electrons. The second kappa shape index (κ2) is 9.06. The number of likely N-dealkylation sites (tertiary alicyclic amines) is 1. The summed E-state index contributed by atoms with van der Waals surface area (Å²) in [4.78, 5) is 11.5. The molecular formula is C20H32N6O. The summed E-state index contributed by atoms with van der Waals surface area (Å²) < 4.78 is 7.48. The highest BCUT2D eigenvalue weighted by Crippen LogP contribution is 2.27. The number of rotatable bonds is 6. The molecule has 1 aliphatic rings. The largest absolute Gasteiger partial charge is 0.361 e. The second-order valence-electron chi connectivity index (χ2n) is 7.43. The van der Waals surface area contributed by atoms with Crippen molar-refractivity contribution in [2.75, 3.05) is 26.2 Å². The van der Waals surface area contributed by atoms with E-state index in [2.05, 4.69) is 45.0 Å². The fourth-order valence-corrected chi connectivity index (χ4v) is 3.82. The Balaban J connectivity index is 1.61. The van der Waals surface area contributed by atoms with Crippen LogP contribution in [0, 0.1) is 19.8 Å². The predicted molar refractivity (Wildman–Crippen MR) is 107 cm³/mol. The first-order valence-electron chi connectivity index (χ1n) is 10.0. The molecule has 0 spiro atoms. The average molecular weight is 373 g/mol. The molecule has 7 nitrogen and oxygen atoms in total. The summed E-state index contributed by atoms with van der Waals surface area (Å²) in [7, 11) is 0. The number of nitrogens with zero attached hydrogens (tertiary/aromatic N) is 5. The first-order valence-corrected chi connectivity index (χ1v) is 10.0. The molecule has 7 heteroatoms. The summed E-state index contributed by atoms with van der Waals surface area (Å²) in [6.45, 7) is 12.1. The van der Waals surface area contributed by atoms with E-state index in [9.17, 15) is 0 Å². The molecule has 2 atom stereocenters. The van der Waals surface area contributed by atoms with Crippen LogP contribution in [0.2, 0.25) is 0 Å². The van der Waals surface area contributed by atoms with E-state index < -0.39 is 0 Å². The monoisotopic (exact) mass is 372 g/mol. The Morgan fingerprint density at radius 1 is 1.41 bits per heavy atom. The van der Waals surface area contributed by atoms with Gasteiger partial charge in [-0.15, -0.1) is 0 Å². The van der Waals surface area contributed by atoms with Crippen LogP contribution in [-0.2, 0) is 6.42 Å². The van der Waals surface area contributed by atoms with E-state index in [1.165, 1.54) is 5.56 Å². The van der Waals surface area contributed by atoms with Gasteiger partial charge in [0, 0.05) is 44.1 Å². The van der Waals surface area contributed by atoms with E-state index in [0.717, 1.165) is 62.9 Å². The van der Waals surface area contributed by atoms with Crippen LogP contribution in [0.4, 0.5) is 0 Å². The van der Waals surface area contributed by atoms with Crippen molar-refractivity contribution >= 4 is 5.96 Å². The number of hydrogen-bond acceptors (Lipinski definition) is 4. The second-order valence-corrected chi connectivity index (χ2v) is 7.43. The van der Waals surface area contributed by atoms with Crippen LogP contribution in [0.15, 0.2) is 28.2 Å². The summed E-state index contributed by atoms with van der Waals surface area (Å²) in [6.07, 6.45) is 8.97. The molecule has 1 saturated heterocycles. The minimum atomic E-state index is 0.437. The molecule has 0 saturated carbocycles. The summed E-state index contributed by atoms with van der Waals surface area (Å²) in [5, 5.41) is 7.50. The first-order chi connectivity index (χ1) is 13.1. The van der Waals surface area contributed by atoms with Crippen molar-refractivity contribution in [3.8, 4) is 0 Å². The minimum Gasteiger partial charge on any atom is -0.361 e. The zero-order valence-electron chi connectivity index (χ0n) is 17.0. The lowest BCUT2D eigenvalue weighted by Gasteiger charge is -2.39. The third kappa shape index (κ3) is 4.70. The molecule has 3 rings (SSSR count). The molecule has 0 radical (unpaired) electrons. The number of aromatic nitrogens is 3. The number of imidazole rings is 1. The molecule has 0 bridgehead atoms. The highest BCUT2D eigenvalue weighted by molar-refractivity contribution is 5.80. The summed E-state index contributed by atoms with van der Waals surface area (Å²) in [5.41, 5.74) is 2.22. The smallest absolute Gasteiger partial charge is 0.193 e. The summed E-state index contributed by atoms with van der Waals surface area (Å²) in [6, 6.07) is 0.437. The lowest BCUT2D eigenvalue weighted by atomic mass is 9.93. The minimum absolute atomic E-state index is 0.437. The van der Waals surface area contributed by atoms with Crippen molar-refractivity contribution in [2.45, 2.75) is 53.0 Å². The molecule has 0 aliphatic carbocycles. The zero-order chi connectivity index (χ0) is 19.2. The molecule has 2 aromatic rings. The fraction of sp³-hybridized carbons (Fsp3) is 0.650. The van der Waals surface area contributed by atoms with E-state index >= 15 is 0 Å². The maximum atomic E-state index is 5.25. The molecule has 3 heterocycles. The van der Waals surface area contributed by atoms with Crippen LogP contribution in [0.25, 0.3) is 0 Å². The highest BCUT2D eigenvalue weighted by atomic mass is 16.5. The van der Waals surface area contributed by atoms with Crippen molar-refractivity contribution in [3.63, 3.8) is 0 Å². The summed E-state index contributed by atoms with van der Waals surface area (Å²) in [5.74, 6) is 2.59. The van der Waals surface area contributed by atoms with Gasteiger partial charge in [-0.3, -0.25) is 4.99 Å². The molecule has 27 heavy (non-hydrogen) atoms. The number of piperidine rings is 1. The molecule has 2 unspecified atom stereocenters. The van der Waals surface area contributed by atoms with E-state index in [4.69, 9.17) is 9.52 Å². The number of nitrogens with one attached hydrogen (secondary N) is 1. The molecule has 1 aliphatic heterocycles. The lowest BCUT2D eigenvalue weighted by molar-refractivity contribution is 0.189. The van der Waals surface area contributed by atoms with Crippen LogP contribution in [0.3, 0.4) is 0 Å². The van der Waals surface area contributed by atoms with E-state index in [0.29, 0.717) is 12.0 Å². The molecule has 0 amide bonds. The van der Waals surface area contributed by atoms with Gasteiger partial charge in [0.1, 0.15) is 5.76 Å². The molecular weight excluding hydrogens is 340 g/mol. The molecule has 0 aromatic carbocycles. The highest BCUT2D eigenvalue weighted by Gasteiger charge is 2.28. The van der Waals surface area contributed by atoms with Crippen LogP contribution >= 0.6 is 0 Å². The lowest BCUT2D eigenvalue weighted by Crippen LogP contribution is -2.49. The van der Waals surface area contributed by atoms with Gasteiger partial charge >= 0.3 is 0 Å². The van der Waals surface area contributed by atoms with Crippen molar-refractivity contribution in [2.24, 2.45) is 10.9 Å². The third-order valence-corrected chi connectivity index (χ3v) is 5.49. The third-order valence-electron chi connectivity index (χ3n) is 5.49. The first kappa shape index (κ1) is 19.5.